The lowest BCUT2D eigenvalue weighted by Crippen LogP contribution is -2.33. The summed E-state index contributed by atoms with van der Waals surface area (Å²) in [6, 6.07) is 5.60. The summed E-state index contributed by atoms with van der Waals surface area (Å²) in [5.41, 5.74) is 0.141. The molecular formula is C14H17NO5S. The van der Waals surface area contributed by atoms with Crippen LogP contribution in [0.15, 0.2) is 24.3 Å². The molecule has 114 valence electrons. The first-order valence-electron chi connectivity index (χ1n) is 6.50. The van der Waals surface area contributed by atoms with Gasteiger partial charge in [-0.05, 0) is 37.1 Å². The Morgan fingerprint density at radius 1 is 1.19 bits per heavy atom. The van der Waals surface area contributed by atoms with Crippen LogP contribution < -0.4 is 5.32 Å². The van der Waals surface area contributed by atoms with Crippen molar-refractivity contribution in [3.63, 3.8) is 0 Å². The van der Waals surface area contributed by atoms with Gasteiger partial charge in [-0.1, -0.05) is 0 Å². The minimum Gasteiger partial charge on any atom is -0.478 e. The van der Waals surface area contributed by atoms with E-state index in [0.717, 1.165) is 12.8 Å². The molecular weight excluding hydrogens is 294 g/mol. The topological polar surface area (TPSA) is 101 Å². The largest absolute Gasteiger partial charge is 0.478 e. The summed E-state index contributed by atoms with van der Waals surface area (Å²) in [5.74, 6) is -1.29. The molecule has 0 radical (unpaired) electrons. The molecule has 6 nitrogen and oxygen atoms in total. The molecule has 1 amide bonds. The number of aromatic carboxylic acids is 1. The SMILES string of the molecule is CS(=O)(=O)CC1(CNC(=O)c2ccc(C(=O)O)cc2)CC1. The average molecular weight is 311 g/mol. The first-order chi connectivity index (χ1) is 9.71. The molecule has 0 saturated heterocycles. The van der Waals surface area contributed by atoms with E-state index in [4.69, 9.17) is 5.11 Å². The van der Waals surface area contributed by atoms with Crippen LogP contribution in [0.1, 0.15) is 33.6 Å². The molecule has 1 aliphatic rings. The van der Waals surface area contributed by atoms with Crippen molar-refractivity contribution in [1.82, 2.24) is 5.32 Å². The van der Waals surface area contributed by atoms with Gasteiger partial charge in [0.05, 0.1) is 11.3 Å². The van der Waals surface area contributed by atoms with Crippen molar-refractivity contribution in [3.8, 4) is 0 Å². The van der Waals surface area contributed by atoms with E-state index in [-0.39, 0.29) is 22.6 Å². The third kappa shape index (κ3) is 4.29. The van der Waals surface area contributed by atoms with Crippen molar-refractivity contribution in [2.45, 2.75) is 12.8 Å². The molecule has 0 heterocycles. The molecule has 21 heavy (non-hydrogen) atoms. The number of nitrogens with one attached hydrogen (secondary N) is 1. The summed E-state index contributed by atoms with van der Waals surface area (Å²) in [6.07, 6.45) is 2.77. The Morgan fingerprint density at radius 2 is 1.71 bits per heavy atom. The normalized spacial score (nSPS) is 16.2. The Kier molecular flexibility index (Phi) is 4.04. The smallest absolute Gasteiger partial charge is 0.335 e. The molecule has 7 heteroatoms. The molecule has 1 aromatic carbocycles. The third-order valence-corrected chi connectivity index (χ3v) is 4.68. The number of carboxylic acid groups (broad SMARTS) is 1. The molecule has 0 atom stereocenters. The van der Waals surface area contributed by atoms with Gasteiger partial charge < -0.3 is 10.4 Å². The van der Waals surface area contributed by atoms with Crippen molar-refractivity contribution in [3.05, 3.63) is 35.4 Å². The van der Waals surface area contributed by atoms with Crippen molar-refractivity contribution in [2.24, 2.45) is 5.41 Å². The summed E-state index contributed by atoms with van der Waals surface area (Å²) in [5, 5.41) is 11.5. The van der Waals surface area contributed by atoms with Gasteiger partial charge in [-0.25, -0.2) is 13.2 Å². The van der Waals surface area contributed by atoms with E-state index in [1.807, 2.05) is 0 Å². The zero-order chi connectivity index (χ0) is 15.7. The first-order valence-corrected chi connectivity index (χ1v) is 8.56. The second kappa shape index (κ2) is 5.48. The molecule has 1 aliphatic carbocycles. The molecule has 0 aromatic heterocycles. The van der Waals surface area contributed by atoms with Crippen LogP contribution >= 0.6 is 0 Å². The van der Waals surface area contributed by atoms with E-state index in [0.29, 0.717) is 12.1 Å². The van der Waals surface area contributed by atoms with Crippen LogP contribution in [0, 0.1) is 5.41 Å². The Hall–Kier alpha value is -1.89. The van der Waals surface area contributed by atoms with Gasteiger partial charge in [-0.15, -0.1) is 0 Å². The Bertz CT molecular complexity index is 659. The molecule has 0 spiro atoms. The van der Waals surface area contributed by atoms with Gasteiger partial charge in [0.25, 0.3) is 5.91 Å². The van der Waals surface area contributed by atoms with Crippen molar-refractivity contribution < 1.29 is 23.1 Å². The number of carboxylic acids is 1. The van der Waals surface area contributed by atoms with Crippen molar-refractivity contribution in [2.75, 3.05) is 18.6 Å². The number of benzene rings is 1. The molecule has 0 aliphatic heterocycles. The van der Waals surface area contributed by atoms with E-state index >= 15 is 0 Å². The zero-order valence-corrected chi connectivity index (χ0v) is 12.4. The highest BCUT2D eigenvalue weighted by atomic mass is 32.2. The van der Waals surface area contributed by atoms with Crippen molar-refractivity contribution in [1.29, 1.82) is 0 Å². The second-order valence-electron chi connectivity index (χ2n) is 5.64. The predicted octanol–water partition coefficient (Wildman–Crippen LogP) is 0.939. The van der Waals surface area contributed by atoms with Crippen LogP contribution in [0.4, 0.5) is 0 Å². The Morgan fingerprint density at radius 3 is 2.14 bits per heavy atom. The van der Waals surface area contributed by atoms with Gasteiger partial charge >= 0.3 is 5.97 Å². The van der Waals surface area contributed by atoms with Crippen LogP contribution in [0.3, 0.4) is 0 Å². The van der Waals surface area contributed by atoms with E-state index < -0.39 is 15.8 Å². The van der Waals surface area contributed by atoms with Gasteiger partial charge in [0.1, 0.15) is 9.84 Å². The van der Waals surface area contributed by atoms with Crippen LogP contribution in [0.5, 0.6) is 0 Å². The summed E-state index contributed by atoms with van der Waals surface area (Å²) < 4.78 is 22.7. The molecule has 1 saturated carbocycles. The quantitative estimate of drug-likeness (QED) is 0.814. The fourth-order valence-electron chi connectivity index (χ4n) is 2.24. The lowest BCUT2D eigenvalue weighted by atomic mass is 10.1. The fourth-order valence-corrected chi connectivity index (χ4v) is 3.74. The highest BCUT2D eigenvalue weighted by Gasteiger charge is 2.45. The van der Waals surface area contributed by atoms with Crippen LogP contribution in [0.2, 0.25) is 0 Å². The van der Waals surface area contributed by atoms with Crippen LogP contribution in [0.25, 0.3) is 0 Å². The summed E-state index contributed by atoms with van der Waals surface area (Å²) in [4.78, 5) is 22.7. The molecule has 2 N–H and O–H groups in total. The lowest BCUT2D eigenvalue weighted by molar-refractivity contribution is 0.0696. The summed E-state index contributed by atoms with van der Waals surface area (Å²) in [6.45, 7) is 0.319. The van der Waals surface area contributed by atoms with E-state index in [2.05, 4.69) is 5.32 Å². The summed E-state index contributed by atoms with van der Waals surface area (Å²) >= 11 is 0. The minimum absolute atomic E-state index is 0.0816. The first kappa shape index (κ1) is 15.5. The van der Waals surface area contributed by atoms with E-state index in [1.54, 1.807) is 0 Å². The third-order valence-electron chi connectivity index (χ3n) is 3.54. The number of hydrogen-bond donors (Lipinski definition) is 2. The number of rotatable bonds is 6. The average Bonchev–Trinajstić information content (AvgIpc) is 3.14. The minimum atomic E-state index is -3.06. The zero-order valence-electron chi connectivity index (χ0n) is 11.6. The van der Waals surface area contributed by atoms with E-state index in [9.17, 15) is 18.0 Å². The van der Waals surface area contributed by atoms with Crippen LogP contribution in [-0.2, 0) is 9.84 Å². The molecule has 1 fully saturated rings. The van der Waals surface area contributed by atoms with Crippen molar-refractivity contribution >= 4 is 21.7 Å². The maximum atomic E-state index is 12.0. The standard InChI is InChI=1S/C14H17NO5S/c1-21(19,20)9-14(6-7-14)8-15-12(16)10-2-4-11(5-3-10)13(17)18/h2-5H,6-9H2,1H3,(H,15,16)(H,17,18). The van der Waals surface area contributed by atoms with Gasteiger partial charge in [0.2, 0.25) is 0 Å². The molecule has 0 bridgehead atoms. The lowest BCUT2D eigenvalue weighted by Gasteiger charge is -2.14. The number of amides is 1. The predicted molar refractivity (Wildman–Crippen MR) is 77.1 cm³/mol. The highest BCUT2D eigenvalue weighted by molar-refractivity contribution is 7.90. The van der Waals surface area contributed by atoms with E-state index in [1.165, 1.54) is 30.5 Å². The molecule has 1 aromatic rings. The van der Waals surface area contributed by atoms with Crippen LogP contribution in [-0.4, -0.2) is 44.0 Å². The summed E-state index contributed by atoms with van der Waals surface area (Å²) in [7, 11) is -3.06. The van der Waals surface area contributed by atoms with Gasteiger partial charge in [-0.2, -0.15) is 0 Å². The van der Waals surface area contributed by atoms with Gasteiger partial charge in [0, 0.05) is 23.8 Å². The molecule has 0 unspecified atom stereocenters. The van der Waals surface area contributed by atoms with Gasteiger partial charge in [0.15, 0.2) is 0 Å². The number of sulfone groups is 1. The number of carbonyl (C=O) groups excluding carboxylic acids is 1. The number of carbonyl (C=O) groups is 2. The highest BCUT2D eigenvalue weighted by Crippen LogP contribution is 2.46. The Balaban J connectivity index is 1.95. The number of hydrogen-bond acceptors (Lipinski definition) is 4. The fraction of sp³-hybridized carbons (Fsp3) is 0.429. The molecule has 2 rings (SSSR count). The maximum Gasteiger partial charge on any atom is 0.335 e. The maximum absolute atomic E-state index is 12.0. The van der Waals surface area contributed by atoms with Gasteiger partial charge in [-0.3, -0.25) is 4.79 Å². The second-order valence-corrected chi connectivity index (χ2v) is 7.78. The Labute approximate surface area is 123 Å². The monoisotopic (exact) mass is 311 g/mol.